The van der Waals surface area contributed by atoms with Crippen LogP contribution in [0.1, 0.15) is 38.4 Å². The maximum Gasteiger partial charge on any atom is 0.236 e. The Morgan fingerprint density at radius 3 is 2.57 bits per heavy atom. The molecule has 0 unspecified atom stereocenters. The number of hydrogen-bond acceptors (Lipinski definition) is 3. The van der Waals surface area contributed by atoms with Crippen LogP contribution >= 0.6 is 12.4 Å². The van der Waals surface area contributed by atoms with E-state index in [0.29, 0.717) is 31.6 Å². The van der Waals surface area contributed by atoms with E-state index in [4.69, 9.17) is 4.74 Å². The van der Waals surface area contributed by atoms with Gasteiger partial charge < -0.3 is 15.0 Å². The van der Waals surface area contributed by atoms with E-state index in [0.717, 1.165) is 5.56 Å². The van der Waals surface area contributed by atoms with Gasteiger partial charge in [-0.05, 0) is 24.3 Å². The van der Waals surface area contributed by atoms with E-state index in [-0.39, 0.29) is 30.5 Å². The second kappa shape index (κ2) is 8.13. The fourth-order valence-corrected chi connectivity index (χ4v) is 2.84. The molecule has 1 saturated heterocycles. The summed E-state index contributed by atoms with van der Waals surface area (Å²) in [6.07, 6.45) is 2.49. The van der Waals surface area contributed by atoms with Gasteiger partial charge in [0.15, 0.2) is 0 Å². The Balaban J connectivity index is 0.00000192. The van der Waals surface area contributed by atoms with E-state index in [1.54, 1.807) is 0 Å². The summed E-state index contributed by atoms with van der Waals surface area (Å²) in [5.41, 5.74) is 1.15. The van der Waals surface area contributed by atoms with E-state index < -0.39 is 0 Å². The van der Waals surface area contributed by atoms with Gasteiger partial charge in [-0.1, -0.05) is 44.2 Å². The molecule has 2 aliphatic rings. The van der Waals surface area contributed by atoms with Gasteiger partial charge in [0.2, 0.25) is 5.91 Å². The van der Waals surface area contributed by atoms with Crippen molar-refractivity contribution in [2.24, 2.45) is 5.92 Å². The third-order valence-corrected chi connectivity index (χ3v) is 4.51. The lowest BCUT2D eigenvalue weighted by Gasteiger charge is -2.40. The quantitative estimate of drug-likeness (QED) is 0.897. The van der Waals surface area contributed by atoms with Crippen LogP contribution in [0.25, 0.3) is 0 Å². The summed E-state index contributed by atoms with van der Waals surface area (Å²) in [6, 6.07) is 10.8. The minimum atomic E-state index is -0.0211. The summed E-state index contributed by atoms with van der Waals surface area (Å²) in [4.78, 5) is 14.5. The predicted molar refractivity (Wildman–Crippen MR) is 93.7 cm³/mol. The normalized spacial score (nSPS) is 24.4. The molecule has 1 N–H and O–H groups in total. The molecule has 1 aromatic carbocycles. The van der Waals surface area contributed by atoms with Crippen molar-refractivity contribution >= 4 is 18.3 Å². The van der Waals surface area contributed by atoms with Crippen LogP contribution in [0.15, 0.2) is 30.3 Å². The molecule has 128 valence electrons. The van der Waals surface area contributed by atoms with Crippen molar-refractivity contribution in [3.63, 3.8) is 0 Å². The highest BCUT2D eigenvalue weighted by Crippen LogP contribution is 2.28. The van der Waals surface area contributed by atoms with Crippen molar-refractivity contribution in [1.82, 2.24) is 10.2 Å². The minimum Gasteiger partial charge on any atom is -0.366 e. The van der Waals surface area contributed by atoms with Gasteiger partial charge in [-0.15, -0.1) is 12.4 Å². The zero-order valence-corrected chi connectivity index (χ0v) is 14.7. The van der Waals surface area contributed by atoms with Gasteiger partial charge in [0.1, 0.15) is 6.10 Å². The Morgan fingerprint density at radius 1 is 1.26 bits per heavy atom. The third-order valence-electron chi connectivity index (χ3n) is 4.51. The number of halogens is 1. The molecule has 0 aromatic heterocycles. The molecule has 2 fully saturated rings. The molecule has 4 nitrogen and oxygen atoms in total. The minimum absolute atomic E-state index is 0. The molecule has 1 heterocycles. The zero-order chi connectivity index (χ0) is 15.5. The number of nitrogens with one attached hydrogen (secondary N) is 1. The second-order valence-corrected chi connectivity index (χ2v) is 6.77. The molecule has 2 atom stereocenters. The lowest BCUT2D eigenvalue weighted by molar-refractivity contribution is -0.149. The summed E-state index contributed by atoms with van der Waals surface area (Å²) in [7, 11) is 0. The highest BCUT2D eigenvalue weighted by atomic mass is 35.5. The molecule has 0 spiro atoms. The number of carbonyl (C=O) groups excluding carboxylic acids is 1. The van der Waals surface area contributed by atoms with Gasteiger partial charge >= 0.3 is 0 Å². The Morgan fingerprint density at radius 2 is 1.96 bits per heavy atom. The van der Waals surface area contributed by atoms with Crippen LogP contribution in [-0.4, -0.2) is 42.6 Å². The second-order valence-electron chi connectivity index (χ2n) is 6.77. The molecule has 5 heteroatoms. The van der Waals surface area contributed by atoms with Crippen molar-refractivity contribution < 1.29 is 9.53 Å². The summed E-state index contributed by atoms with van der Waals surface area (Å²) in [5.74, 6) is 0.597. The lowest BCUT2D eigenvalue weighted by atomic mass is 10.0. The van der Waals surface area contributed by atoms with Crippen LogP contribution in [0.2, 0.25) is 0 Å². The maximum absolute atomic E-state index is 12.5. The van der Waals surface area contributed by atoms with Crippen LogP contribution in [0.3, 0.4) is 0 Å². The first kappa shape index (κ1) is 18.2. The number of hydrogen-bond donors (Lipinski definition) is 1. The highest BCUT2D eigenvalue weighted by Gasteiger charge is 2.33. The molecule has 23 heavy (non-hydrogen) atoms. The molecular formula is C18H27ClN2O2. The molecule has 1 amide bonds. The first-order valence-corrected chi connectivity index (χ1v) is 8.35. The summed E-state index contributed by atoms with van der Waals surface area (Å²) in [6.45, 7) is 6.12. The summed E-state index contributed by atoms with van der Waals surface area (Å²) < 4.78 is 6.24. The Hall–Kier alpha value is -1.10. The summed E-state index contributed by atoms with van der Waals surface area (Å²) in [5, 5.41) is 3.32. The van der Waals surface area contributed by atoms with Crippen molar-refractivity contribution in [2.45, 2.75) is 44.9 Å². The highest BCUT2D eigenvalue weighted by molar-refractivity contribution is 5.85. The number of amides is 1. The van der Waals surface area contributed by atoms with Gasteiger partial charge in [-0.2, -0.15) is 0 Å². The third kappa shape index (κ3) is 4.93. The molecule has 1 aliphatic heterocycles. The smallest absolute Gasteiger partial charge is 0.236 e. The zero-order valence-electron chi connectivity index (χ0n) is 13.9. The summed E-state index contributed by atoms with van der Waals surface area (Å²) >= 11 is 0. The van der Waals surface area contributed by atoms with E-state index in [1.165, 1.54) is 12.8 Å². The first-order chi connectivity index (χ1) is 10.6. The van der Waals surface area contributed by atoms with Gasteiger partial charge in [0, 0.05) is 12.6 Å². The number of ether oxygens (including phenoxy) is 1. The lowest BCUT2D eigenvalue weighted by Crippen LogP contribution is -2.51. The average molecular weight is 339 g/mol. The van der Waals surface area contributed by atoms with Crippen molar-refractivity contribution in [2.75, 3.05) is 19.6 Å². The van der Waals surface area contributed by atoms with E-state index in [2.05, 4.69) is 31.3 Å². The van der Waals surface area contributed by atoms with Crippen LogP contribution in [0.4, 0.5) is 0 Å². The fourth-order valence-electron chi connectivity index (χ4n) is 2.84. The number of rotatable bonds is 5. The monoisotopic (exact) mass is 338 g/mol. The Labute approximate surface area is 145 Å². The molecule has 3 rings (SSSR count). The van der Waals surface area contributed by atoms with Gasteiger partial charge in [0.25, 0.3) is 0 Å². The Bertz CT molecular complexity index is 505. The predicted octanol–water partition coefficient (Wildman–Crippen LogP) is 2.78. The fraction of sp³-hybridized carbons (Fsp3) is 0.611. The van der Waals surface area contributed by atoms with Gasteiger partial charge in [-0.3, -0.25) is 4.79 Å². The van der Waals surface area contributed by atoms with Crippen LogP contribution in [0, 0.1) is 5.92 Å². The van der Waals surface area contributed by atoms with Crippen LogP contribution < -0.4 is 5.32 Å². The number of nitrogens with zero attached hydrogens (tertiary/aromatic N) is 1. The van der Waals surface area contributed by atoms with Crippen LogP contribution in [-0.2, 0) is 9.53 Å². The number of benzene rings is 1. The molecule has 1 saturated carbocycles. The first-order valence-electron chi connectivity index (χ1n) is 8.35. The van der Waals surface area contributed by atoms with E-state index in [9.17, 15) is 4.79 Å². The van der Waals surface area contributed by atoms with Crippen LogP contribution in [0.5, 0.6) is 0 Å². The molecule has 1 aromatic rings. The molecular weight excluding hydrogens is 312 g/mol. The average Bonchev–Trinajstić information content (AvgIpc) is 3.37. The molecule has 1 aliphatic carbocycles. The largest absolute Gasteiger partial charge is 0.366 e. The Kier molecular flexibility index (Phi) is 6.45. The number of carbonyl (C=O) groups is 1. The molecule has 0 radical (unpaired) electrons. The molecule has 0 bridgehead atoms. The maximum atomic E-state index is 12.5. The SMILES string of the molecule is CC(C)[C@H]1CN(C(=O)CNC2CC2)C[C@@H](c2ccccc2)O1.Cl. The topological polar surface area (TPSA) is 41.6 Å². The van der Waals surface area contributed by atoms with E-state index >= 15 is 0 Å². The van der Waals surface area contributed by atoms with Gasteiger partial charge in [-0.25, -0.2) is 0 Å². The standard InChI is InChI=1S/C18H26N2O2.ClH/c1-13(2)16-11-20(18(21)10-19-15-8-9-15)12-17(22-16)14-6-4-3-5-7-14;/h3-7,13,15-17,19H,8-12H2,1-2H3;1H/t16-,17+;/m1./s1. The van der Waals surface area contributed by atoms with E-state index in [1.807, 2.05) is 23.1 Å². The van der Waals surface area contributed by atoms with Gasteiger partial charge in [0.05, 0.1) is 19.2 Å². The van der Waals surface area contributed by atoms with Crippen molar-refractivity contribution in [1.29, 1.82) is 0 Å². The van der Waals surface area contributed by atoms with Crippen molar-refractivity contribution in [3.8, 4) is 0 Å². The number of morpholine rings is 1. The van der Waals surface area contributed by atoms with Crippen molar-refractivity contribution in [3.05, 3.63) is 35.9 Å².